The summed E-state index contributed by atoms with van der Waals surface area (Å²) >= 11 is 4.88. The first-order valence-electron chi connectivity index (χ1n) is 4.93. The molecule has 0 heterocycles. The van der Waals surface area contributed by atoms with E-state index >= 15 is 0 Å². The van der Waals surface area contributed by atoms with Crippen LogP contribution in [0.15, 0.2) is 0 Å². The van der Waals surface area contributed by atoms with Crippen molar-refractivity contribution in [3.63, 3.8) is 0 Å². The summed E-state index contributed by atoms with van der Waals surface area (Å²) in [5.74, 6) is 0.795. The molecule has 0 aliphatic rings. The minimum Gasteiger partial charge on any atom is -0.387 e. The zero-order chi connectivity index (χ0) is 12.1. The van der Waals surface area contributed by atoms with Crippen LogP contribution >= 0.6 is 27.7 Å². The smallest absolute Gasteiger partial charge is 0.234 e. The molecule has 0 saturated heterocycles. The van der Waals surface area contributed by atoms with Gasteiger partial charge in [0, 0.05) is 12.3 Å². The number of hydrogen-bond donors (Lipinski definition) is 2. The summed E-state index contributed by atoms with van der Waals surface area (Å²) in [5, 5.41) is 12.6. The van der Waals surface area contributed by atoms with Gasteiger partial charge in [0.05, 0.1) is 10.4 Å². The maximum atomic E-state index is 11.6. The van der Waals surface area contributed by atoms with Crippen LogP contribution in [0.3, 0.4) is 0 Å². The maximum absolute atomic E-state index is 11.6. The molecule has 0 saturated carbocycles. The molecule has 0 aliphatic carbocycles. The lowest BCUT2D eigenvalue weighted by molar-refractivity contribution is -0.122. The van der Waals surface area contributed by atoms with Crippen LogP contribution in [0.2, 0.25) is 0 Å². The second-order valence-corrected chi connectivity index (χ2v) is 6.15. The van der Waals surface area contributed by atoms with Gasteiger partial charge in [-0.2, -0.15) is 11.8 Å². The van der Waals surface area contributed by atoms with Crippen molar-refractivity contribution >= 4 is 33.6 Å². The summed E-state index contributed by atoms with van der Waals surface area (Å²) in [4.78, 5) is 11.4. The molecule has 0 bridgehead atoms. The van der Waals surface area contributed by atoms with E-state index in [0.717, 1.165) is 0 Å². The second kappa shape index (κ2) is 6.76. The Morgan fingerprint density at radius 2 is 2.13 bits per heavy atom. The van der Waals surface area contributed by atoms with E-state index in [1.54, 1.807) is 18.7 Å². The van der Waals surface area contributed by atoms with Gasteiger partial charge in [-0.05, 0) is 19.1 Å². The first-order valence-corrected chi connectivity index (χ1v) is 7.24. The Balaban J connectivity index is 4.00. The molecule has 5 heteroatoms. The highest BCUT2D eigenvalue weighted by molar-refractivity contribution is 9.10. The van der Waals surface area contributed by atoms with Gasteiger partial charge in [0.15, 0.2) is 0 Å². The number of alkyl halides is 1. The topological polar surface area (TPSA) is 49.3 Å². The average Bonchev–Trinajstić information content (AvgIpc) is 2.13. The average molecular weight is 298 g/mol. The quantitative estimate of drug-likeness (QED) is 0.733. The van der Waals surface area contributed by atoms with Gasteiger partial charge in [-0.25, -0.2) is 0 Å². The molecule has 1 amide bonds. The Labute approximate surface area is 105 Å². The van der Waals surface area contributed by atoms with Gasteiger partial charge >= 0.3 is 0 Å². The zero-order valence-corrected chi connectivity index (χ0v) is 12.1. The molecule has 2 N–H and O–H groups in total. The number of nitrogens with one attached hydrogen (secondary N) is 1. The van der Waals surface area contributed by atoms with E-state index in [-0.39, 0.29) is 16.7 Å². The third-order valence-electron chi connectivity index (χ3n) is 1.93. The van der Waals surface area contributed by atoms with E-state index in [0.29, 0.717) is 12.3 Å². The van der Waals surface area contributed by atoms with Crippen LogP contribution in [-0.4, -0.2) is 40.0 Å². The summed E-state index contributed by atoms with van der Waals surface area (Å²) in [5.41, 5.74) is -0.835. The fraction of sp³-hybridized carbons (Fsp3) is 0.900. The van der Waals surface area contributed by atoms with Crippen LogP contribution in [0.4, 0.5) is 0 Å². The lowest BCUT2D eigenvalue weighted by Gasteiger charge is -2.23. The van der Waals surface area contributed by atoms with E-state index in [4.69, 9.17) is 0 Å². The summed E-state index contributed by atoms with van der Waals surface area (Å²) < 4.78 is 0. The normalized spacial score (nSPS) is 17.3. The lowest BCUT2D eigenvalue weighted by atomic mass is 10.1. The molecule has 2 unspecified atom stereocenters. The number of thioether (sulfide) groups is 1. The predicted molar refractivity (Wildman–Crippen MR) is 69.6 cm³/mol. The van der Waals surface area contributed by atoms with Gasteiger partial charge in [-0.15, -0.1) is 0 Å². The summed E-state index contributed by atoms with van der Waals surface area (Å²) in [7, 11) is 0. The molecule has 0 aliphatic heterocycles. The van der Waals surface area contributed by atoms with Gasteiger partial charge in [-0.3, -0.25) is 4.79 Å². The number of halogens is 1. The zero-order valence-electron chi connectivity index (χ0n) is 9.71. The van der Waals surface area contributed by atoms with E-state index in [1.165, 1.54) is 0 Å². The van der Waals surface area contributed by atoms with Crippen LogP contribution in [0, 0.1) is 5.92 Å². The van der Waals surface area contributed by atoms with Crippen LogP contribution in [-0.2, 0) is 4.79 Å². The highest BCUT2D eigenvalue weighted by Crippen LogP contribution is 2.13. The Hall–Kier alpha value is 0.260. The van der Waals surface area contributed by atoms with Crippen molar-refractivity contribution in [3.8, 4) is 0 Å². The Bertz CT molecular complexity index is 210. The van der Waals surface area contributed by atoms with Crippen molar-refractivity contribution in [2.45, 2.75) is 31.2 Å². The number of rotatable bonds is 6. The fourth-order valence-electron chi connectivity index (χ4n) is 1.04. The molecule has 0 rings (SSSR count). The molecule has 90 valence electrons. The summed E-state index contributed by atoms with van der Waals surface area (Å²) in [6.07, 6.45) is 1.93. The molecule has 0 aromatic rings. The molecule has 0 fully saturated rings. The van der Waals surface area contributed by atoms with E-state index < -0.39 is 5.60 Å². The maximum Gasteiger partial charge on any atom is 0.234 e. The summed E-state index contributed by atoms with van der Waals surface area (Å²) in [6, 6.07) is 0. The predicted octanol–water partition coefficient (Wildman–Crippen LogP) is 1.64. The first-order chi connectivity index (χ1) is 6.80. The van der Waals surface area contributed by atoms with Crippen molar-refractivity contribution in [1.82, 2.24) is 5.32 Å². The highest BCUT2D eigenvalue weighted by Gasteiger charge is 2.23. The third-order valence-corrected chi connectivity index (χ3v) is 4.32. The molecule has 0 aromatic carbocycles. The van der Waals surface area contributed by atoms with Crippen molar-refractivity contribution in [2.24, 2.45) is 5.92 Å². The lowest BCUT2D eigenvalue weighted by Crippen LogP contribution is -2.45. The van der Waals surface area contributed by atoms with Crippen LogP contribution < -0.4 is 5.32 Å². The van der Waals surface area contributed by atoms with Crippen LogP contribution in [0.1, 0.15) is 20.8 Å². The number of aliphatic hydroxyl groups is 1. The third kappa shape index (κ3) is 6.43. The van der Waals surface area contributed by atoms with Gasteiger partial charge in [0.2, 0.25) is 5.91 Å². The molecule has 0 aromatic heterocycles. The highest BCUT2D eigenvalue weighted by atomic mass is 79.9. The standard InChI is InChI=1S/C10H20BrNO2S/c1-7(2)8(11)9(13)12-5-10(3,14)6-15-4/h7-8,14H,5-6H2,1-4H3,(H,12,13). The first kappa shape index (κ1) is 15.3. The molecular formula is C10H20BrNO2S. The van der Waals surface area contributed by atoms with Crippen molar-refractivity contribution in [1.29, 1.82) is 0 Å². The van der Waals surface area contributed by atoms with Crippen molar-refractivity contribution in [3.05, 3.63) is 0 Å². The van der Waals surface area contributed by atoms with E-state index in [9.17, 15) is 9.90 Å². The fourth-order valence-corrected chi connectivity index (χ4v) is 1.93. The molecular weight excluding hydrogens is 278 g/mol. The number of hydrogen-bond acceptors (Lipinski definition) is 3. The molecule has 3 nitrogen and oxygen atoms in total. The van der Waals surface area contributed by atoms with Crippen molar-refractivity contribution in [2.75, 3.05) is 18.6 Å². The number of carbonyl (C=O) groups is 1. The number of carbonyl (C=O) groups excluding carboxylic acids is 1. The number of amides is 1. The van der Waals surface area contributed by atoms with E-state index in [2.05, 4.69) is 21.2 Å². The van der Waals surface area contributed by atoms with Crippen LogP contribution in [0.5, 0.6) is 0 Å². The molecule has 0 spiro atoms. The monoisotopic (exact) mass is 297 g/mol. The molecule has 0 radical (unpaired) electrons. The SMILES string of the molecule is CSCC(C)(O)CNC(=O)C(Br)C(C)C. The Morgan fingerprint density at radius 1 is 1.60 bits per heavy atom. The Morgan fingerprint density at radius 3 is 2.53 bits per heavy atom. The van der Waals surface area contributed by atoms with E-state index in [1.807, 2.05) is 20.1 Å². The van der Waals surface area contributed by atoms with Gasteiger partial charge < -0.3 is 10.4 Å². The Kier molecular flexibility index (Phi) is 6.88. The minimum absolute atomic E-state index is 0.0635. The van der Waals surface area contributed by atoms with Crippen LogP contribution in [0.25, 0.3) is 0 Å². The van der Waals surface area contributed by atoms with Gasteiger partial charge in [0.1, 0.15) is 0 Å². The van der Waals surface area contributed by atoms with Gasteiger partial charge in [0.25, 0.3) is 0 Å². The molecule has 2 atom stereocenters. The second-order valence-electron chi connectivity index (χ2n) is 4.29. The largest absolute Gasteiger partial charge is 0.387 e. The summed E-state index contributed by atoms with van der Waals surface area (Å²) in [6.45, 7) is 5.96. The van der Waals surface area contributed by atoms with Crippen molar-refractivity contribution < 1.29 is 9.90 Å². The van der Waals surface area contributed by atoms with Gasteiger partial charge in [-0.1, -0.05) is 29.8 Å². The molecule has 15 heavy (non-hydrogen) atoms. The minimum atomic E-state index is -0.835.